The lowest BCUT2D eigenvalue weighted by Gasteiger charge is -2.06. The van der Waals surface area contributed by atoms with E-state index < -0.39 is 0 Å². The minimum atomic E-state index is -0.316. The van der Waals surface area contributed by atoms with Crippen LogP contribution in [0.15, 0.2) is 42.5 Å². The number of hydrogen-bond donors (Lipinski definition) is 0. The van der Waals surface area contributed by atoms with Gasteiger partial charge in [-0.05, 0) is 48.4 Å². The van der Waals surface area contributed by atoms with Crippen molar-refractivity contribution in [2.24, 2.45) is 0 Å². The van der Waals surface area contributed by atoms with Crippen LogP contribution in [0, 0.1) is 6.92 Å². The number of halogens is 2. The highest BCUT2D eigenvalue weighted by molar-refractivity contribution is 6.31. The Morgan fingerprint density at radius 3 is 2.42 bits per heavy atom. The molecule has 0 aromatic heterocycles. The summed E-state index contributed by atoms with van der Waals surface area (Å²) >= 11 is 11.7. The van der Waals surface area contributed by atoms with Gasteiger partial charge < -0.3 is 4.74 Å². The summed E-state index contributed by atoms with van der Waals surface area (Å²) in [7, 11) is 0. The van der Waals surface area contributed by atoms with Crippen molar-refractivity contribution < 1.29 is 9.53 Å². The van der Waals surface area contributed by atoms with Gasteiger partial charge in [-0.1, -0.05) is 35.3 Å². The molecule has 0 fully saturated rings. The Kier molecular flexibility index (Phi) is 4.46. The molecule has 0 atom stereocenters. The molecule has 0 unspecified atom stereocenters. The minimum absolute atomic E-state index is 0.207. The van der Waals surface area contributed by atoms with Crippen molar-refractivity contribution in [3.63, 3.8) is 0 Å². The van der Waals surface area contributed by atoms with Crippen LogP contribution in [-0.2, 0) is 11.2 Å². The molecule has 19 heavy (non-hydrogen) atoms. The van der Waals surface area contributed by atoms with Gasteiger partial charge in [0, 0.05) is 10.0 Å². The third-order valence-electron chi connectivity index (χ3n) is 2.62. The van der Waals surface area contributed by atoms with Crippen LogP contribution < -0.4 is 4.74 Å². The van der Waals surface area contributed by atoms with E-state index in [2.05, 4.69) is 0 Å². The lowest BCUT2D eigenvalue weighted by molar-refractivity contribution is -0.133. The summed E-state index contributed by atoms with van der Waals surface area (Å²) in [5.41, 5.74) is 1.73. The molecule has 2 aromatic carbocycles. The van der Waals surface area contributed by atoms with E-state index in [0.717, 1.165) is 11.1 Å². The van der Waals surface area contributed by atoms with Crippen molar-refractivity contribution in [2.45, 2.75) is 13.3 Å². The van der Waals surface area contributed by atoms with Crippen molar-refractivity contribution in [3.8, 4) is 5.75 Å². The van der Waals surface area contributed by atoms with Crippen molar-refractivity contribution in [1.29, 1.82) is 0 Å². The Hall–Kier alpha value is -1.51. The summed E-state index contributed by atoms with van der Waals surface area (Å²) < 4.78 is 5.25. The third-order valence-corrected chi connectivity index (χ3v) is 3.30. The quantitative estimate of drug-likeness (QED) is 0.617. The van der Waals surface area contributed by atoms with Crippen LogP contribution in [-0.4, -0.2) is 5.97 Å². The topological polar surface area (TPSA) is 26.3 Å². The Morgan fingerprint density at radius 1 is 1.11 bits per heavy atom. The molecule has 4 heteroatoms. The average molecular weight is 295 g/mol. The zero-order chi connectivity index (χ0) is 13.8. The first-order valence-electron chi connectivity index (χ1n) is 5.76. The maximum absolute atomic E-state index is 11.8. The van der Waals surface area contributed by atoms with E-state index >= 15 is 0 Å². The van der Waals surface area contributed by atoms with Crippen LogP contribution >= 0.6 is 23.2 Å². The second-order valence-electron chi connectivity index (χ2n) is 4.19. The molecule has 0 N–H and O–H groups in total. The van der Waals surface area contributed by atoms with Gasteiger partial charge in [0.05, 0.1) is 6.42 Å². The number of carbonyl (C=O) groups is 1. The summed E-state index contributed by atoms with van der Waals surface area (Å²) in [6.45, 7) is 1.86. The van der Waals surface area contributed by atoms with E-state index in [1.165, 1.54) is 0 Å². The Labute approximate surface area is 121 Å². The molecule has 0 saturated heterocycles. The number of ether oxygens (including phenoxy) is 1. The highest BCUT2D eigenvalue weighted by Gasteiger charge is 2.07. The fraction of sp³-hybridized carbons (Fsp3) is 0.133. The van der Waals surface area contributed by atoms with Crippen molar-refractivity contribution in [3.05, 3.63) is 63.6 Å². The summed E-state index contributed by atoms with van der Waals surface area (Å²) in [5.74, 6) is 0.185. The largest absolute Gasteiger partial charge is 0.426 e. The van der Waals surface area contributed by atoms with Crippen LogP contribution in [0.3, 0.4) is 0 Å². The Bertz CT molecular complexity index is 592. The second-order valence-corrected chi connectivity index (χ2v) is 5.03. The van der Waals surface area contributed by atoms with Gasteiger partial charge in [-0.2, -0.15) is 0 Å². The predicted octanol–water partition coefficient (Wildman–Crippen LogP) is 4.45. The van der Waals surface area contributed by atoms with Crippen molar-refractivity contribution in [2.75, 3.05) is 0 Å². The summed E-state index contributed by atoms with van der Waals surface area (Å²) in [5, 5.41) is 1.29. The SMILES string of the molecule is Cc1cc(OC(=O)Cc2ccc(Cl)cc2)ccc1Cl. The van der Waals surface area contributed by atoms with Gasteiger partial charge in [0.15, 0.2) is 0 Å². The molecule has 98 valence electrons. The molecule has 0 aliphatic carbocycles. The molecule has 0 aliphatic rings. The first kappa shape index (κ1) is 13.9. The molecule has 0 heterocycles. The number of rotatable bonds is 3. The molecule has 0 amide bonds. The molecular formula is C15H12Cl2O2. The van der Waals surface area contributed by atoms with Gasteiger partial charge in [0.1, 0.15) is 5.75 Å². The molecule has 0 bridgehead atoms. The highest BCUT2D eigenvalue weighted by Crippen LogP contribution is 2.21. The number of hydrogen-bond acceptors (Lipinski definition) is 2. The third kappa shape index (κ3) is 3.98. The summed E-state index contributed by atoms with van der Waals surface area (Å²) in [4.78, 5) is 11.8. The van der Waals surface area contributed by atoms with E-state index in [1.54, 1.807) is 42.5 Å². The highest BCUT2D eigenvalue weighted by atomic mass is 35.5. The maximum atomic E-state index is 11.8. The van der Waals surface area contributed by atoms with Crippen LogP contribution in [0.1, 0.15) is 11.1 Å². The average Bonchev–Trinajstić information content (AvgIpc) is 2.37. The Balaban J connectivity index is 2.01. The molecule has 2 nitrogen and oxygen atoms in total. The maximum Gasteiger partial charge on any atom is 0.315 e. The molecule has 2 aromatic rings. The lowest BCUT2D eigenvalue weighted by Crippen LogP contribution is -2.11. The fourth-order valence-electron chi connectivity index (χ4n) is 1.62. The van der Waals surface area contributed by atoms with E-state index in [0.29, 0.717) is 15.8 Å². The van der Waals surface area contributed by atoms with E-state index in [-0.39, 0.29) is 12.4 Å². The summed E-state index contributed by atoms with van der Waals surface area (Å²) in [6.07, 6.45) is 0.207. The first-order chi connectivity index (χ1) is 9.04. The smallest absolute Gasteiger partial charge is 0.315 e. The van der Waals surface area contributed by atoms with Gasteiger partial charge in [-0.3, -0.25) is 4.79 Å². The van der Waals surface area contributed by atoms with Crippen LogP contribution in [0.2, 0.25) is 10.0 Å². The normalized spacial score (nSPS) is 10.3. The van der Waals surface area contributed by atoms with Gasteiger partial charge in [0.2, 0.25) is 0 Å². The van der Waals surface area contributed by atoms with Crippen LogP contribution in [0.4, 0.5) is 0 Å². The van der Waals surface area contributed by atoms with Gasteiger partial charge in [-0.15, -0.1) is 0 Å². The number of aryl methyl sites for hydroxylation is 1. The monoisotopic (exact) mass is 294 g/mol. The first-order valence-corrected chi connectivity index (χ1v) is 6.51. The van der Waals surface area contributed by atoms with E-state index in [4.69, 9.17) is 27.9 Å². The molecule has 0 aliphatic heterocycles. The van der Waals surface area contributed by atoms with E-state index in [9.17, 15) is 4.79 Å². The fourth-order valence-corrected chi connectivity index (χ4v) is 1.86. The zero-order valence-electron chi connectivity index (χ0n) is 10.3. The lowest BCUT2D eigenvalue weighted by atomic mass is 10.1. The minimum Gasteiger partial charge on any atom is -0.426 e. The van der Waals surface area contributed by atoms with Crippen molar-refractivity contribution >= 4 is 29.2 Å². The molecule has 0 saturated carbocycles. The predicted molar refractivity (Wildman–Crippen MR) is 77.0 cm³/mol. The number of carbonyl (C=O) groups excluding carboxylic acids is 1. The number of benzene rings is 2. The Morgan fingerprint density at radius 2 is 1.79 bits per heavy atom. The summed E-state index contributed by atoms with van der Waals surface area (Å²) in [6, 6.07) is 12.2. The molecule has 0 spiro atoms. The van der Waals surface area contributed by atoms with Crippen LogP contribution in [0.5, 0.6) is 5.75 Å². The van der Waals surface area contributed by atoms with E-state index in [1.807, 2.05) is 6.92 Å². The van der Waals surface area contributed by atoms with Gasteiger partial charge in [-0.25, -0.2) is 0 Å². The molecule has 2 rings (SSSR count). The molecular weight excluding hydrogens is 283 g/mol. The zero-order valence-corrected chi connectivity index (χ0v) is 11.8. The van der Waals surface area contributed by atoms with Crippen molar-refractivity contribution in [1.82, 2.24) is 0 Å². The van der Waals surface area contributed by atoms with Crippen LogP contribution in [0.25, 0.3) is 0 Å². The molecule has 0 radical (unpaired) electrons. The second kappa shape index (κ2) is 6.09. The van der Waals surface area contributed by atoms with Gasteiger partial charge >= 0.3 is 5.97 Å². The van der Waals surface area contributed by atoms with Gasteiger partial charge in [0.25, 0.3) is 0 Å². The standard InChI is InChI=1S/C15H12Cl2O2/c1-10-8-13(6-7-14(10)17)19-15(18)9-11-2-4-12(16)5-3-11/h2-8H,9H2,1H3. The number of esters is 1.